The number of rotatable bonds is 5. The minimum Gasteiger partial charge on any atom is -0.445 e. The standard InChI is InChI=1S/C14H21BrCl3N7O6S/c1-2-31-32(28,29)24-10-21-8-7(3-15)20-11(22-12(27)30-5-13(16,17)18)25-4-6(19)9(26)14(8,25)23-10/h6-9,26H,2-5,19H2,1H3,(H,20,22,27)(H2,21,23,24)/t6-,7-,8-,9-,14-/m0/s1. The fraction of sp³-hybridized carbons (Fsp3) is 0.786. The van der Waals surface area contributed by atoms with E-state index >= 15 is 0 Å². The van der Waals surface area contributed by atoms with Crippen LogP contribution in [0.1, 0.15) is 6.92 Å². The molecule has 3 aliphatic rings. The number of alkyl halides is 4. The number of aliphatic hydroxyl groups is 1. The summed E-state index contributed by atoms with van der Waals surface area (Å²) < 4.78 is 34.0. The molecule has 5 atom stereocenters. The van der Waals surface area contributed by atoms with Gasteiger partial charge >= 0.3 is 16.4 Å². The fourth-order valence-electron chi connectivity index (χ4n) is 3.74. The smallest absolute Gasteiger partial charge is 0.414 e. The normalized spacial score (nSPS) is 31.8. The average molecular weight is 602 g/mol. The van der Waals surface area contributed by atoms with Crippen LogP contribution in [0.4, 0.5) is 4.79 Å². The van der Waals surface area contributed by atoms with E-state index in [1.165, 1.54) is 11.8 Å². The first kappa shape index (κ1) is 25.8. The number of amides is 1. The monoisotopic (exact) mass is 599 g/mol. The quantitative estimate of drug-likeness (QED) is 0.250. The molecule has 6 N–H and O–H groups in total. The number of hydrogen-bond acceptors (Lipinski definition) is 11. The van der Waals surface area contributed by atoms with Gasteiger partial charge in [0.25, 0.3) is 0 Å². The molecule has 1 amide bonds. The number of halogens is 4. The van der Waals surface area contributed by atoms with Crippen molar-refractivity contribution in [3.05, 3.63) is 0 Å². The van der Waals surface area contributed by atoms with Crippen LogP contribution < -0.4 is 21.1 Å². The van der Waals surface area contributed by atoms with E-state index in [2.05, 4.69) is 45.5 Å². The highest BCUT2D eigenvalue weighted by Crippen LogP contribution is 2.40. The summed E-state index contributed by atoms with van der Waals surface area (Å²) in [6.45, 7) is 0.968. The summed E-state index contributed by atoms with van der Waals surface area (Å²) in [5.74, 6) is -0.147. The molecule has 32 heavy (non-hydrogen) atoms. The van der Waals surface area contributed by atoms with E-state index in [1.807, 2.05) is 0 Å². The van der Waals surface area contributed by atoms with Gasteiger partial charge in [-0.2, -0.15) is 8.42 Å². The number of nitrogens with zero attached hydrogens (tertiary/aromatic N) is 3. The number of carbonyl (C=O) groups excluding carboxylic acids is 1. The summed E-state index contributed by atoms with van der Waals surface area (Å²) in [5, 5.41) is 16.6. The van der Waals surface area contributed by atoms with E-state index in [1.54, 1.807) is 0 Å². The maximum Gasteiger partial charge on any atom is 0.414 e. The van der Waals surface area contributed by atoms with Gasteiger partial charge in [-0.15, -0.1) is 0 Å². The van der Waals surface area contributed by atoms with Crippen LogP contribution in [0.3, 0.4) is 0 Å². The zero-order valence-corrected chi connectivity index (χ0v) is 21.1. The van der Waals surface area contributed by atoms with E-state index < -0.39 is 56.7 Å². The molecule has 18 heteroatoms. The Bertz CT molecular complexity index is 919. The molecule has 0 aromatic carbocycles. The third-order valence-corrected chi connectivity index (χ3v) is 6.86. The molecular weight excluding hydrogens is 581 g/mol. The molecule has 0 bridgehead atoms. The van der Waals surface area contributed by atoms with Crippen LogP contribution in [0.2, 0.25) is 0 Å². The Morgan fingerprint density at radius 3 is 2.75 bits per heavy atom. The van der Waals surface area contributed by atoms with E-state index in [9.17, 15) is 18.3 Å². The van der Waals surface area contributed by atoms with Gasteiger partial charge in [0.15, 0.2) is 5.66 Å². The lowest BCUT2D eigenvalue weighted by molar-refractivity contribution is 0.0187. The van der Waals surface area contributed by atoms with Crippen LogP contribution in [0.15, 0.2) is 9.98 Å². The molecule has 0 saturated carbocycles. The third kappa shape index (κ3) is 5.14. The lowest BCUT2D eigenvalue weighted by atomic mass is 9.89. The number of alkyl carbamates (subject to hydrolysis) is 1. The molecule has 0 aromatic rings. The van der Waals surface area contributed by atoms with Gasteiger partial charge in [0.1, 0.15) is 18.8 Å². The van der Waals surface area contributed by atoms with Gasteiger partial charge in [-0.25, -0.2) is 19.5 Å². The summed E-state index contributed by atoms with van der Waals surface area (Å²) in [5.41, 5.74) is 4.69. The summed E-state index contributed by atoms with van der Waals surface area (Å²) in [6, 6.07) is -2.18. The average Bonchev–Trinajstić information content (AvgIpc) is 3.16. The zero-order chi connectivity index (χ0) is 23.9. The second-order valence-electron chi connectivity index (χ2n) is 7.05. The highest BCUT2D eigenvalue weighted by Gasteiger charge is 2.65. The largest absolute Gasteiger partial charge is 0.445 e. The van der Waals surface area contributed by atoms with Crippen LogP contribution in [-0.2, 0) is 19.2 Å². The number of guanidine groups is 2. The van der Waals surface area contributed by atoms with Crippen molar-refractivity contribution in [3.8, 4) is 0 Å². The van der Waals surface area contributed by atoms with E-state index in [-0.39, 0.29) is 30.4 Å². The maximum absolute atomic E-state index is 12.2. The van der Waals surface area contributed by atoms with Gasteiger partial charge < -0.3 is 25.8 Å². The Kier molecular flexibility index (Phi) is 7.62. The van der Waals surface area contributed by atoms with Crippen molar-refractivity contribution in [1.82, 2.24) is 20.3 Å². The van der Waals surface area contributed by atoms with Crippen LogP contribution in [-0.4, -0.2) is 95.2 Å². The highest BCUT2D eigenvalue weighted by atomic mass is 79.9. The van der Waals surface area contributed by atoms with Crippen molar-refractivity contribution in [2.75, 3.05) is 25.1 Å². The van der Waals surface area contributed by atoms with Crippen LogP contribution >= 0.6 is 50.7 Å². The number of hydrogen-bond donors (Lipinski definition) is 5. The van der Waals surface area contributed by atoms with Gasteiger partial charge in [-0.05, 0) is 6.92 Å². The molecule has 0 radical (unpaired) electrons. The molecule has 0 aliphatic carbocycles. The minimum atomic E-state index is -4.15. The zero-order valence-electron chi connectivity index (χ0n) is 16.5. The molecule has 3 rings (SSSR count). The van der Waals surface area contributed by atoms with E-state index in [0.29, 0.717) is 0 Å². The summed E-state index contributed by atoms with van der Waals surface area (Å²) >= 11 is 20.1. The van der Waals surface area contributed by atoms with Crippen LogP contribution in [0.25, 0.3) is 0 Å². The minimum absolute atomic E-state index is 0.0173. The van der Waals surface area contributed by atoms with Crippen molar-refractivity contribution < 1.29 is 27.2 Å². The molecule has 1 spiro atoms. The van der Waals surface area contributed by atoms with Crippen molar-refractivity contribution in [3.63, 3.8) is 0 Å². The summed E-state index contributed by atoms with van der Waals surface area (Å²) in [4.78, 5) is 22.6. The Labute approximate surface area is 207 Å². The molecule has 182 valence electrons. The first-order valence-corrected chi connectivity index (χ1v) is 12.9. The molecule has 1 saturated heterocycles. The number of aliphatic imine (C=N–C) groups is 2. The fourth-order valence-corrected chi connectivity index (χ4v) is 5.12. The predicted molar refractivity (Wildman–Crippen MR) is 121 cm³/mol. The van der Waals surface area contributed by atoms with Crippen molar-refractivity contribution in [2.24, 2.45) is 15.7 Å². The van der Waals surface area contributed by atoms with Gasteiger partial charge in [0.2, 0.25) is 15.7 Å². The molecule has 0 unspecified atom stereocenters. The highest BCUT2D eigenvalue weighted by molar-refractivity contribution is 9.09. The Hall–Kier alpha value is -0.810. The Balaban J connectivity index is 1.89. The number of carbonyl (C=O) groups is 1. The van der Waals surface area contributed by atoms with Crippen LogP contribution in [0.5, 0.6) is 0 Å². The molecule has 1 fully saturated rings. The number of nitrogens with one attached hydrogen (secondary N) is 3. The van der Waals surface area contributed by atoms with Gasteiger partial charge in [0.05, 0.1) is 18.7 Å². The van der Waals surface area contributed by atoms with E-state index in [0.717, 1.165) is 0 Å². The van der Waals surface area contributed by atoms with Gasteiger partial charge in [-0.1, -0.05) is 50.7 Å². The van der Waals surface area contributed by atoms with Crippen molar-refractivity contribution >= 4 is 79.0 Å². The second-order valence-corrected chi connectivity index (χ2v) is 11.6. The Morgan fingerprint density at radius 1 is 1.47 bits per heavy atom. The summed E-state index contributed by atoms with van der Waals surface area (Å²) in [6.07, 6.45) is -2.17. The van der Waals surface area contributed by atoms with Crippen molar-refractivity contribution in [2.45, 2.75) is 40.6 Å². The van der Waals surface area contributed by atoms with Crippen molar-refractivity contribution in [1.29, 1.82) is 0 Å². The van der Waals surface area contributed by atoms with Gasteiger partial charge in [-0.3, -0.25) is 9.50 Å². The second kappa shape index (κ2) is 9.44. The Morgan fingerprint density at radius 2 is 2.16 bits per heavy atom. The number of aliphatic hydroxyl groups excluding tert-OH is 1. The lowest BCUT2D eigenvalue weighted by Gasteiger charge is -2.46. The summed E-state index contributed by atoms with van der Waals surface area (Å²) in [7, 11) is -4.15. The number of ether oxygens (including phenoxy) is 1. The van der Waals surface area contributed by atoms with E-state index in [4.69, 9.17) is 45.3 Å². The molecule has 13 nitrogen and oxygen atoms in total. The molecule has 3 heterocycles. The molecule has 3 aliphatic heterocycles. The molecule has 0 aromatic heterocycles. The lowest BCUT2D eigenvalue weighted by Crippen LogP contribution is -2.73. The SMILES string of the molecule is CCOS(=O)(=O)NC1=N[C@H]2[C@H](CBr)N=C(NC(=O)OCC(Cl)(Cl)Cl)N3C[C@H](N)[C@H](O)[C@]23N1. The van der Waals surface area contributed by atoms with Crippen LogP contribution in [0, 0.1) is 0 Å². The topological polar surface area (TPSA) is 180 Å². The van der Waals surface area contributed by atoms with Gasteiger partial charge in [0, 0.05) is 11.9 Å². The molecular formula is C14H21BrCl3N7O6S. The first-order chi connectivity index (χ1) is 14.8. The third-order valence-electron chi connectivity index (χ3n) is 4.88. The number of nitrogens with two attached hydrogens (primary N) is 1. The first-order valence-electron chi connectivity index (χ1n) is 9.21. The maximum atomic E-state index is 12.2. The predicted octanol–water partition coefficient (Wildman–Crippen LogP) is -0.885.